The van der Waals surface area contributed by atoms with Gasteiger partial charge in [0.25, 0.3) is 5.91 Å². The Hall–Kier alpha value is -4.09. The molecule has 3 rings (SSSR count). The Bertz CT molecular complexity index is 1330. The molecule has 0 aliphatic heterocycles. The van der Waals surface area contributed by atoms with E-state index in [-0.39, 0.29) is 12.2 Å². The number of carboxylic acid groups (broad SMARTS) is 1. The molecule has 12 nitrogen and oxygen atoms in total. The molecule has 2 amide bonds. The number of aromatic amines is 1. The smallest absolute Gasteiger partial charge is 0.408 e. The summed E-state index contributed by atoms with van der Waals surface area (Å²) < 4.78 is 13.5. The van der Waals surface area contributed by atoms with Crippen LogP contribution in [0.15, 0.2) is 24.4 Å². The second kappa shape index (κ2) is 12.8. The zero-order valence-corrected chi connectivity index (χ0v) is 24.3. The van der Waals surface area contributed by atoms with Crippen molar-refractivity contribution in [1.82, 2.24) is 24.6 Å². The van der Waals surface area contributed by atoms with E-state index in [4.69, 9.17) is 14.5 Å². The second-order valence-electron chi connectivity index (χ2n) is 10.6. The van der Waals surface area contributed by atoms with E-state index in [1.165, 1.54) is 12.3 Å². The Labute approximate surface area is 234 Å². The topological polar surface area (TPSA) is 152 Å². The molecule has 0 bridgehead atoms. The molecule has 0 saturated carbocycles. The number of aromatic nitrogens is 4. The second-order valence-corrected chi connectivity index (χ2v) is 10.6. The molecule has 1 aromatic carbocycles. The third-order valence-corrected chi connectivity index (χ3v) is 6.59. The van der Waals surface area contributed by atoms with Gasteiger partial charge in [0.05, 0.1) is 25.5 Å². The van der Waals surface area contributed by atoms with Crippen LogP contribution in [-0.2, 0) is 16.6 Å². The number of ketones is 1. The van der Waals surface area contributed by atoms with Crippen molar-refractivity contribution in [1.29, 1.82) is 0 Å². The number of nitrogens with zero attached hydrogens (tertiary/aromatic N) is 4. The maximum atomic E-state index is 13.6. The van der Waals surface area contributed by atoms with Crippen LogP contribution in [0.5, 0.6) is 11.5 Å². The minimum absolute atomic E-state index is 0.170. The molecular formula is C28H40N6O6. The number of nitrogens with one attached hydrogen (secondary N) is 2. The highest BCUT2D eigenvalue weighted by Crippen LogP contribution is 2.43. The summed E-state index contributed by atoms with van der Waals surface area (Å²) in [4.78, 5) is 45.6. The normalized spacial score (nSPS) is 13.1. The van der Waals surface area contributed by atoms with E-state index in [0.29, 0.717) is 54.4 Å². The van der Waals surface area contributed by atoms with Crippen molar-refractivity contribution in [3.05, 3.63) is 30.2 Å². The Morgan fingerprint density at radius 1 is 1.10 bits per heavy atom. The van der Waals surface area contributed by atoms with Gasteiger partial charge in [-0.15, -0.1) is 0 Å². The lowest BCUT2D eigenvalue weighted by molar-refractivity contribution is -0.139. The fourth-order valence-electron chi connectivity index (χ4n) is 4.87. The average molecular weight is 557 g/mol. The van der Waals surface area contributed by atoms with Crippen LogP contribution < -0.4 is 14.8 Å². The molecule has 0 unspecified atom stereocenters. The summed E-state index contributed by atoms with van der Waals surface area (Å²) in [5, 5.41) is 19.5. The van der Waals surface area contributed by atoms with Crippen LogP contribution in [0.1, 0.15) is 72.7 Å². The van der Waals surface area contributed by atoms with E-state index in [1.54, 1.807) is 23.7 Å². The minimum atomic E-state index is -1.33. The molecule has 0 fully saturated rings. The molecule has 0 spiro atoms. The number of fused-ring (bicyclic) bond motifs is 1. The first-order valence-electron chi connectivity index (χ1n) is 13.6. The molecule has 2 atom stereocenters. The number of carbonyl (C=O) groups excluding carboxylic acids is 2. The van der Waals surface area contributed by atoms with Crippen LogP contribution in [0, 0.1) is 5.41 Å². The summed E-state index contributed by atoms with van der Waals surface area (Å²) >= 11 is 0. The third-order valence-electron chi connectivity index (χ3n) is 6.59. The van der Waals surface area contributed by atoms with Crippen LogP contribution in [0.2, 0.25) is 0 Å². The lowest BCUT2D eigenvalue weighted by atomic mass is 9.83. The number of aryl methyl sites for hydroxylation is 1. The fourth-order valence-corrected chi connectivity index (χ4v) is 4.87. The monoisotopic (exact) mass is 556 g/mol. The van der Waals surface area contributed by atoms with Gasteiger partial charge in [-0.1, -0.05) is 40.5 Å². The van der Waals surface area contributed by atoms with Crippen LogP contribution in [0.4, 0.5) is 10.6 Å². The molecule has 12 heteroatoms. The van der Waals surface area contributed by atoms with Crippen molar-refractivity contribution >= 4 is 34.6 Å². The maximum Gasteiger partial charge on any atom is 0.408 e. The number of ether oxygens (including phenoxy) is 2. The van der Waals surface area contributed by atoms with Gasteiger partial charge in [0.1, 0.15) is 40.2 Å². The van der Waals surface area contributed by atoms with Crippen LogP contribution in [-0.4, -0.2) is 66.8 Å². The number of rotatable bonds is 13. The first-order valence-corrected chi connectivity index (χ1v) is 13.6. The first-order chi connectivity index (χ1) is 19.0. The Balaban J connectivity index is 2.21. The summed E-state index contributed by atoms with van der Waals surface area (Å²) in [6.07, 6.45) is 1.53. The van der Waals surface area contributed by atoms with Crippen molar-refractivity contribution in [2.75, 3.05) is 18.5 Å². The van der Waals surface area contributed by atoms with Gasteiger partial charge < -0.3 is 24.5 Å². The van der Waals surface area contributed by atoms with Crippen molar-refractivity contribution in [2.24, 2.45) is 12.5 Å². The first kappa shape index (κ1) is 30.5. The summed E-state index contributed by atoms with van der Waals surface area (Å²) in [7, 11) is 1.79. The van der Waals surface area contributed by atoms with E-state index in [1.807, 2.05) is 41.5 Å². The lowest BCUT2D eigenvalue weighted by Crippen LogP contribution is -2.53. The van der Waals surface area contributed by atoms with E-state index in [0.717, 1.165) is 4.90 Å². The average Bonchev–Trinajstić information content (AvgIpc) is 3.52. The number of H-pyrrole nitrogens is 1. The number of Topliss-reactive ketones (excluding diaryl/α,β-unsaturated/α-hetero) is 1. The van der Waals surface area contributed by atoms with Crippen molar-refractivity contribution in [3.8, 4) is 11.5 Å². The highest BCUT2D eigenvalue weighted by atomic mass is 16.5. The summed E-state index contributed by atoms with van der Waals surface area (Å²) in [5.41, 5.74) is 0.449. The highest BCUT2D eigenvalue weighted by molar-refractivity contribution is 6.42. The van der Waals surface area contributed by atoms with E-state index in [9.17, 15) is 19.5 Å². The van der Waals surface area contributed by atoms with Gasteiger partial charge in [-0.2, -0.15) is 5.10 Å². The number of anilines is 1. The van der Waals surface area contributed by atoms with E-state index in [2.05, 4.69) is 15.5 Å². The quantitative estimate of drug-likeness (QED) is 0.251. The van der Waals surface area contributed by atoms with Crippen LogP contribution >= 0.6 is 0 Å². The van der Waals surface area contributed by atoms with Crippen molar-refractivity contribution in [3.63, 3.8) is 0 Å². The van der Waals surface area contributed by atoms with Gasteiger partial charge >= 0.3 is 6.09 Å². The molecule has 3 aromatic rings. The number of carbonyl (C=O) groups is 3. The summed E-state index contributed by atoms with van der Waals surface area (Å²) in [6, 6.07) is 2.93. The van der Waals surface area contributed by atoms with Gasteiger partial charge in [-0.05, 0) is 37.8 Å². The highest BCUT2D eigenvalue weighted by Gasteiger charge is 2.45. The van der Waals surface area contributed by atoms with E-state index >= 15 is 0 Å². The van der Waals surface area contributed by atoms with Crippen molar-refractivity contribution < 1.29 is 29.0 Å². The van der Waals surface area contributed by atoms with Crippen LogP contribution in [0.3, 0.4) is 0 Å². The van der Waals surface area contributed by atoms with Gasteiger partial charge in [0, 0.05) is 13.1 Å². The number of amides is 2. The van der Waals surface area contributed by atoms with Crippen molar-refractivity contribution in [2.45, 2.75) is 72.9 Å². The van der Waals surface area contributed by atoms with Gasteiger partial charge in [-0.3, -0.25) is 19.6 Å². The predicted octanol–water partition coefficient (Wildman–Crippen LogP) is 4.93. The molecule has 218 valence electrons. The molecule has 2 aromatic heterocycles. The predicted molar refractivity (Wildman–Crippen MR) is 151 cm³/mol. The Morgan fingerprint density at radius 2 is 1.75 bits per heavy atom. The number of hydrogen-bond donors (Lipinski definition) is 3. The number of unbranched alkanes of at least 4 members (excludes halogenated alkanes) is 1. The summed E-state index contributed by atoms with van der Waals surface area (Å²) in [6.45, 7) is 12.2. The molecule has 0 saturated heterocycles. The largest absolute Gasteiger partial charge is 0.492 e. The summed E-state index contributed by atoms with van der Waals surface area (Å²) in [5.74, 6) is -0.0236. The molecule has 40 heavy (non-hydrogen) atoms. The maximum absolute atomic E-state index is 13.6. The zero-order chi connectivity index (χ0) is 29.6. The molecular weight excluding hydrogens is 516 g/mol. The zero-order valence-electron chi connectivity index (χ0n) is 24.3. The SMILES string of the molecule is CCCC[C@@H](C(=O)C(=O)Nc1ccn[nH]1)N(C(=O)O)[C@H](c1nc2c(OCC)ccc(OCC)c2n1C)C(C)(C)C. The Morgan fingerprint density at radius 3 is 2.30 bits per heavy atom. The third kappa shape index (κ3) is 6.37. The fraction of sp³-hybridized carbons (Fsp3) is 0.536. The van der Waals surface area contributed by atoms with E-state index < -0.39 is 35.3 Å². The number of hydrogen-bond acceptors (Lipinski definition) is 7. The minimum Gasteiger partial charge on any atom is -0.492 e. The number of benzene rings is 1. The number of imidazole rings is 1. The van der Waals surface area contributed by atoms with Gasteiger partial charge in [0.2, 0.25) is 5.78 Å². The molecule has 0 aliphatic carbocycles. The van der Waals surface area contributed by atoms with Gasteiger partial charge in [-0.25, -0.2) is 9.78 Å². The lowest BCUT2D eigenvalue weighted by Gasteiger charge is -2.41. The Kier molecular flexibility index (Phi) is 9.78. The molecule has 2 heterocycles. The standard InChI is InChI=1S/C28H40N6O6/c1-8-11-12-17(23(35)26(36)30-20-15-16-29-32-20)34(27(37)38)24(28(4,5)6)25-31-21-18(39-9-2)13-14-19(40-10-3)22(21)33(25)7/h13-17,24H,8-12H2,1-7H3,(H,37,38)(H2,29,30,32,36)/t17-,24+/m0/s1. The van der Waals surface area contributed by atoms with Gasteiger partial charge in [0.15, 0.2) is 0 Å². The van der Waals surface area contributed by atoms with Crippen LogP contribution in [0.25, 0.3) is 11.0 Å². The molecule has 0 aliphatic rings. The molecule has 0 radical (unpaired) electrons. The molecule has 3 N–H and O–H groups in total.